The second-order valence-corrected chi connectivity index (χ2v) is 8.77. The van der Waals surface area contributed by atoms with Gasteiger partial charge < -0.3 is 19.6 Å². The highest BCUT2D eigenvalue weighted by Gasteiger charge is 2.38. The lowest BCUT2D eigenvalue weighted by molar-refractivity contribution is -0.159. The Labute approximate surface area is 210 Å². The van der Waals surface area contributed by atoms with E-state index in [4.69, 9.17) is 0 Å². The van der Waals surface area contributed by atoms with Crippen molar-refractivity contribution in [3.8, 4) is 11.4 Å². The van der Waals surface area contributed by atoms with Gasteiger partial charge in [-0.1, -0.05) is 17.3 Å². The average molecular weight is 512 g/mol. The summed E-state index contributed by atoms with van der Waals surface area (Å²) < 4.78 is 42.5. The van der Waals surface area contributed by atoms with Gasteiger partial charge in [0.25, 0.3) is 5.91 Å². The fraction of sp³-hybridized carbons (Fsp3) is 0.320. The normalized spacial score (nSPS) is 13.8. The smallest absolute Gasteiger partial charge is 0.373 e. The Morgan fingerprint density at radius 3 is 2.70 bits per heavy atom. The largest absolute Gasteiger partial charge is 0.471 e. The second kappa shape index (κ2) is 10.0. The molecule has 1 N–H and O–H groups in total. The number of halogens is 3. The highest BCUT2D eigenvalue weighted by Crippen LogP contribution is 2.30. The average Bonchev–Trinajstić information content (AvgIpc) is 3.61. The number of amides is 1. The van der Waals surface area contributed by atoms with Crippen LogP contribution in [-0.2, 0) is 6.18 Å². The summed E-state index contributed by atoms with van der Waals surface area (Å²) in [7, 11) is 1.92. The number of likely N-dealkylation sites (N-methyl/N-ethyl adjacent to an activating group) is 1. The van der Waals surface area contributed by atoms with E-state index >= 15 is 0 Å². The molecule has 3 heterocycles. The third-order valence-electron chi connectivity index (χ3n) is 6.23. The van der Waals surface area contributed by atoms with E-state index in [-0.39, 0.29) is 22.9 Å². The van der Waals surface area contributed by atoms with Crippen LogP contribution in [0.25, 0.3) is 22.3 Å². The molecule has 1 amide bonds. The topological polar surface area (TPSA) is 100 Å². The molecule has 1 aliphatic heterocycles. The fourth-order valence-corrected chi connectivity index (χ4v) is 4.27. The van der Waals surface area contributed by atoms with Crippen molar-refractivity contribution < 1.29 is 22.5 Å². The lowest BCUT2D eigenvalue weighted by atomic mass is 10.1. The van der Waals surface area contributed by atoms with Gasteiger partial charge in [0.15, 0.2) is 0 Å². The molecule has 1 saturated heterocycles. The van der Waals surface area contributed by atoms with Crippen molar-refractivity contribution in [1.29, 1.82) is 0 Å². The van der Waals surface area contributed by atoms with Crippen LogP contribution in [-0.4, -0.2) is 59.2 Å². The van der Waals surface area contributed by atoms with Crippen LogP contribution in [0, 0.1) is 0 Å². The zero-order valence-electron chi connectivity index (χ0n) is 20.0. The summed E-state index contributed by atoms with van der Waals surface area (Å²) in [6, 6.07) is 12.1. The minimum absolute atomic E-state index is 0.241. The van der Waals surface area contributed by atoms with Crippen LogP contribution in [0.15, 0.2) is 53.3 Å². The second-order valence-electron chi connectivity index (χ2n) is 8.77. The summed E-state index contributed by atoms with van der Waals surface area (Å²) in [4.78, 5) is 29.2. The Morgan fingerprint density at radius 2 is 1.95 bits per heavy atom. The highest BCUT2D eigenvalue weighted by atomic mass is 19.4. The van der Waals surface area contributed by atoms with Crippen molar-refractivity contribution in [3.05, 3.63) is 60.2 Å². The van der Waals surface area contributed by atoms with Crippen LogP contribution < -0.4 is 15.1 Å². The number of aromatic nitrogens is 4. The van der Waals surface area contributed by atoms with E-state index in [0.29, 0.717) is 13.1 Å². The first-order valence-electron chi connectivity index (χ1n) is 11.8. The number of fused-ring (bicyclic) bond motifs is 1. The summed E-state index contributed by atoms with van der Waals surface area (Å²) in [6.07, 6.45) is -0.816. The molecule has 0 atom stereocenters. The van der Waals surface area contributed by atoms with Crippen molar-refractivity contribution in [2.24, 2.45) is 0 Å². The first kappa shape index (κ1) is 24.5. The Balaban J connectivity index is 1.21. The van der Waals surface area contributed by atoms with Gasteiger partial charge >= 0.3 is 12.1 Å². The van der Waals surface area contributed by atoms with Crippen molar-refractivity contribution in [1.82, 2.24) is 25.4 Å². The summed E-state index contributed by atoms with van der Waals surface area (Å²) in [5, 5.41) is 7.21. The molecule has 1 aliphatic rings. The van der Waals surface area contributed by atoms with Gasteiger partial charge in [0, 0.05) is 55.4 Å². The van der Waals surface area contributed by atoms with Gasteiger partial charge in [-0.05, 0) is 43.2 Å². The van der Waals surface area contributed by atoms with Gasteiger partial charge in [0.2, 0.25) is 5.82 Å². The van der Waals surface area contributed by atoms with E-state index < -0.39 is 12.1 Å². The lowest BCUT2D eigenvalue weighted by Gasteiger charge is -2.21. The molecular weight excluding hydrogens is 487 g/mol. The van der Waals surface area contributed by atoms with Gasteiger partial charge in [0.05, 0.1) is 5.52 Å². The molecule has 37 heavy (non-hydrogen) atoms. The summed E-state index contributed by atoms with van der Waals surface area (Å²) in [6.45, 7) is 2.88. The number of alkyl halides is 3. The fourth-order valence-electron chi connectivity index (χ4n) is 4.27. The van der Waals surface area contributed by atoms with Crippen LogP contribution >= 0.6 is 0 Å². The van der Waals surface area contributed by atoms with E-state index in [1.807, 2.05) is 30.1 Å². The molecule has 0 bridgehead atoms. The van der Waals surface area contributed by atoms with E-state index in [9.17, 15) is 18.0 Å². The van der Waals surface area contributed by atoms with Crippen molar-refractivity contribution in [2.75, 3.05) is 43.0 Å². The molecule has 12 heteroatoms. The van der Waals surface area contributed by atoms with E-state index in [2.05, 4.69) is 34.8 Å². The maximum absolute atomic E-state index is 12.7. The van der Waals surface area contributed by atoms with Gasteiger partial charge in [-0.2, -0.15) is 18.2 Å². The van der Waals surface area contributed by atoms with Crippen LogP contribution in [0.5, 0.6) is 0 Å². The lowest BCUT2D eigenvalue weighted by Crippen LogP contribution is -2.33. The van der Waals surface area contributed by atoms with Gasteiger partial charge in [-0.25, -0.2) is 9.97 Å². The minimum Gasteiger partial charge on any atom is -0.373 e. The molecule has 0 saturated carbocycles. The van der Waals surface area contributed by atoms with Crippen molar-refractivity contribution >= 4 is 28.3 Å². The summed E-state index contributed by atoms with van der Waals surface area (Å²) >= 11 is 0. The quantitative estimate of drug-likeness (QED) is 0.395. The van der Waals surface area contributed by atoms with Crippen molar-refractivity contribution in [3.63, 3.8) is 0 Å². The predicted octanol–water partition coefficient (Wildman–Crippen LogP) is 4.17. The number of hydrogen-bond acceptors (Lipinski definition) is 8. The predicted molar refractivity (Wildman–Crippen MR) is 131 cm³/mol. The molecule has 2 aromatic carbocycles. The Kier molecular flexibility index (Phi) is 6.64. The van der Waals surface area contributed by atoms with E-state index in [1.54, 1.807) is 18.5 Å². The summed E-state index contributed by atoms with van der Waals surface area (Å²) in [5.74, 6) is -1.08. The highest BCUT2D eigenvalue weighted by molar-refractivity contribution is 5.95. The van der Waals surface area contributed by atoms with Gasteiger partial charge in [0.1, 0.15) is 12.1 Å². The van der Waals surface area contributed by atoms with E-state index in [0.717, 1.165) is 35.5 Å². The van der Waals surface area contributed by atoms with Gasteiger partial charge in [-0.15, -0.1) is 0 Å². The zero-order chi connectivity index (χ0) is 26.0. The molecular formula is C25H24F3N7O2. The zero-order valence-corrected chi connectivity index (χ0v) is 20.0. The Hall–Kier alpha value is -4.22. The molecule has 2 aromatic heterocycles. The Morgan fingerprint density at radius 1 is 1.14 bits per heavy atom. The number of rotatable bonds is 7. The number of hydrogen-bond donors (Lipinski definition) is 1. The number of carbonyl (C=O) groups excluding carboxylic acids is 1. The third-order valence-corrected chi connectivity index (χ3v) is 6.23. The summed E-state index contributed by atoms with van der Waals surface area (Å²) in [5.41, 5.74) is 2.33. The molecule has 192 valence electrons. The third kappa shape index (κ3) is 5.32. The number of benzene rings is 2. The molecule has 0 aliphatic carbocycles. The Bertz CT molecular complexity index is 1420. The minimum atomic E-state index is -4.74. The molecule has 5 rings (SSSR count). The first-order valence-corrected chi connectivity index (χ1v) is 11.8. The molecule has 1 fully saturated rings. The molecule has 9 nitrogen and oxygen atoms in total. The first-order chi connectivity index (χ1) is 17.8. The van der Waals surface area contributed by atoms with Crippen molar-refractivity contribution in [2.45, 2.75) is 19.0 Å². The molecule has 0 spiro atoms. The van der Waals surface area contributed by atoms with Crippen LogP contribution in [0.1, 0.15) is 29.1 Å². The molecule has 0 radical (unpaired) electrons. The number of carbonyl (C=O) groups is 1. The number of nitrogens with zero attached hydrogens (tertiary/aromatic N) is 6. The van der Waals surface area contributed by atoms with Crippen LogP contribution in [0.2, 0.25) is 0 Å². The van der Waals surface area contributed by atoms with Gasteiger partial charge in [-0.3, -0.25) is 4.79 Å². The van der Waals surface area contributed by atoms with Crippen LogP contribution in [0.3, 0.4) is 0 Å². The van der Waals surface area contributed by atoms with Crippen LogP contribution in [0.4, 0.5) is 24.7 Å². The standard InChI is InChI=1S/C25H24F3N7O2/c1-34(18-7-8-19-20(14-18)30-15-31-22(19)35-10-2-3-11-35)12-9-29-23(36)17-6-4-5-16(13-17)21-32-24(37-33-21)25(26,27)28/h4-8,13-15H,2-3,9-12H2,1H3,(H,29,36). The molecule has 4 aromatic rings. The van der Waals surface area contributed by atoms with E-state index in [1.165, 1.54) is 25.0 Å². The number of nitrogens with one attached hydrogen (secondary N) is 1. The number of anilines is 2. The monoisotopic (exact) mass is 511 g/mol. The molecule has 0 unspecified atom stereocenters. The SMILES string of the molecule is CN(CCNC(=O)c1cccc(-c2noc(C(F)(F)F)n2)c1)c1ccc2c(N3CCCC3)ncnc2c1. The maximum Gasteiger partial charge on any atom is 0.471 e. The maximum atomic E-state index is 12.7.